The molecule has 24 heavy (non-hydrogen) atoms. The molecule has 128 valence electrons. The molecule has 0 amide bonds. The van der Waals surface area contributed by atoms with Gasteiger partial charge >= 0.3 is 0 Å². The largest absolute Gasteiger partial charge is 0.493 e. The first-order valence-electron chi connectivity index (χ1n) is 8.83. The first-order chi connectivity index (χ1) is 11.7. The van der Waals surface area contributed by atoms with E-state index < -0.39 is 6.10 Å². The molecule has 2 aromatic rings. The number of piperidine rings is 1. The molecule has 5 nitrogen and oxygen atoms in total. The third-order valence-electron chi connectivity index (χ3n) is 5.36. The third kappa shape index (κ3) is 3.06. The van der Waals surface area contributed by atoms with Gasteiger partial charge in [-0.25, -0.2) is 4.98 Å². The molecule has 5 heteroatoms. The highest BCUT2D eigenvalue weighted by Gasteiger charge is 2.28. The van der Waals surface area contributed by atoms with Crippen molar-refractivity contribution in [3.05, 3.63) is 47.5 Å². The Balaban J connectivity index is 1.34. The van der Waals surface area contributed by atoms with E-state index in [9.17, 15) is 5.11 Å². The number of aliphatic hydroxyl groups is 1. The SMILES string of the molecule is Cn1ccnc1C(O)C1CCN(Cc2ccc3c(c2)CCO3)CC1. The molecule has 1 aromatic heterocycles. The lowest BCUT2D eigenvalue weighted by atomic mass is 9.90. The zero-order valence-electron chi connectivity index (χ0n) is 14.2. The fourth-order valence-corrected chi connectivity index (χ4v) is 3.90. The molecule has 0 radical (unpaired) electrons. The Bertz CT molecular complexity index is 704. The van der Waals surface area contributed by atoms with Gasteiger partial charge in [0, 0.05) is 32.4 Å². The van der Waals surface area contributed by atoms with Crippen molar-refractivity contribution in [2.24, 2.45) is 13.0 Å². The van der Waals surface area contributed by atoms with Gasteiger partial charge < -0.3 is 14.4 Å². The summed E-state index contributed by atoms with van der Waals surface area (Å²) >= 11 is 0. The minimum absolute atomic E-state index is 0.302. The number of benzene rings is 1. The van der Waals surface area contributed by atoms with Gasteiger partial charge in [0.25, 0.3) is 0 Å². The number of likely N-dealkylation sites (tertiary alicyclic amines) is 1. The predicted octanol–water partition coefficient (Wildman–Crippen LogP) is 2.30. The first-order valence-corrected chi connectivity index (χ1v) is 8.83. The van der Waals surface area contributed by atoms with Crippen molar-refractivity contribution in [3.8, 4) is 5.75 Å². The average molecular weight is 327 g/mol. The summed E-state index contributed by atoms with van der Waals surface area (Å²) in [6.45, 7) is 3.85. The van der Waals surface area contributed by atoms with Crippen molar-refractivity contribution in [3.63, 3.8) is 0 Å². The van der Waals surface area contributed by atoms with Crippen LogP contribution in [0.3, 0.4) is 0 Å². The topological polar surface area (TPSA) is 50.5 Å². The normalized spacial score (nSPS) is 19.9. The average Bonchev–Trinajstić information content (AvgIpc) is 3.23. The Kier molecular flexibility index (Phi) is 4.29. The molecule has 0 spiro atoms. The summed E-state index contributed by atoms with van der Waals surface area (Å²) in [5, 5.41) is 10.6. The van der Waals surface area contributed by atoms with Crippen molar-refractivity contribution < 1.29 is 9.84 Å². The van der Waals surface area contributed by atoms with Crippen LogP contribution in [0.25, 0.3) is 0 Å². The Hall–Kier alpha value is -1.85. The van der Waals surface area contributed by atoms with Crippen LogP contribution in [-0.2, 0) is 20.0 Å². The molecule has 0 saturated carbocycles. The van der Waals surface area contributed by atoms with Crippen LogP contribution in [0.2, 0.25) is 0 Å². The number of rotatable bonds is 4. The van der Waals surface area contributed by atoms with Crippen LogP contribution in [-0.4, -0.2) is 39.3 Å². The smallest absolute Gasteiger partial charge is 0.137 e. The molecular formula is C19H25N3O2. The van der Waals surface area contributed by atoms with Crippen molar-refractivity contribution in [1.29, 1.82) is 0 Å². The third-order valence-corrected chi connectivity index (χ3v) is 5.36. The highest BCUT2D eigenvalue weighted by molar-refractivity contribution is 5.39. The number of imidazole rings is 1. The Labute approximate surface area is 142 Å². The molecule has 1 unspecified atom stereocenters. The molecule has 3 heterocycles. The van der Waals surface area contributed by atoms with E-state index >= 15 is 0 Å². The highest BCUT2D eigenvalue weighted by atomic mass is 16.5. The second kappa shape index (κ2) is 6.57. The second-order valence-corrected chi connectivity index (χ2v) is 7.00. The number of fused-ring (bicyclic) bond motifs is 1. The standard InChI is InChI=1S/C19H25N3O2/c1-21-10-7-20-19(21)18(23)15-4-8-22(9-5-15)13-14-2-3-17-16(12-14)6-11-24-17/h2-3,7,10,12,15,18,23H,4-6,8-9,11,13H2,1H3. The molecule has 4 rings (SSSR count). The molecule has 1 aromatic carbocycles. The maximum atomic E-state index is 10.6. The molecule has 1 atom stereocenters. The zero-order chi connectivity index (χ0) is 16.5. The van der Waals surface area contributed by atoms with Gasteiger partial charge in [0.2, 0.25) is 0 Å². The van der Waals surface area contributed by atoms with Crippen LogP contribution in [0.1, 0.15) is 35.9 Å². The number of nitrogens with zero attached hydrogens (tertiary/aromatic N) is 3. The van der Waals surface area contributed by atoms with Crippen LogP contribution >= 0.6 is 0 Å². The molecular weight excluding hydrogens is 302 g/mol. The fourth-order valence-electron chi connectivity index (χ4n) is 3.90. The number of aliphatic hydroxyl groups excluding tert-OH is 1. The van der Waals surface area contributed by atoms with Crippen molar-refractivity contribution in [2.75, 3.05) is 19.7 Å². The van der Waals surface area contributed by atoms with Crippen LogP contribution in [0, 0.1) is 5.92 Å². The molecule has 1 N–H and O–H groups in total. The zero-order valence-corrected chi connectivity index (χ0v) is 14.2. The van der Waals surface area contributed by atoms with Gasteiger partial charge in [-0.1, -0.05) is 12.1 Å². The van der Waals surface area contributed by atoms with Crippen molar-refractivity contribution >= 4 is 0 Å². The minimum atomic E-state index is -0.454. The van der Waals surface area contributed by atoms with Crippen molar-refractivity contribution in [2.45, 2.75) is 31.9 Å². The highest BCUT2D eigenvalue weighted by Crippen LogP contribution is 2.31. The summed E-state index contributed by atoms with van der Waals surface area (Å²) in [6.07, 6.45) is 6.26. The molecule has 0 bridgehead atoms. The molecule has 2 aliphatic rings. The number of hydrogen-bond donors (Lipinski definition) is 1. The molecule has 1 saturated heterocycles. The summed E-state index contributed by atoms with van der Waals surface area (Å²) in [6, 6.07) is 6.57. The summed E-state index contributed by atoms with van der Waals surface area (Å²) in [5.74, 6) is 2.14. The summed E-state index contributed by atoms with van der Waals surface area (Å²) < 4.78 is 7.50. The maximum Gasteiger partial charge on any atom is 0.137 e. The number of ether oxygens (including phenoxy) is 1. The first kappa shape index (κ1) is 15.7. The Morgan fingerprint density at radius 3 is 2.92 bits per heavy atom. The number of aryl methyl sites for hydroxylation is 1. The van der Waals surface area contributed by atoms with E-state index in [2.05, 4.69) is 28.1 Å². The van der Waals surface area contributed by atoms with Crippen LogP contribution in [0.15, 0.2) is 30.6 Å². The summed E-state index contributed by atoms with van der Waals surface area (Å²) in [5.41, 5.74) is 2.70. The molecule has 1 fully saturated rings. The van der Waals surface area contributed by atoms with Gasteiger partial charge in [-0.2, -0.15) is 0 Å². The lowest BCUT2D eigenvalue weighted by Gasteiger charge is -2.34. The van der Waals surface area contributed by atoms with Gasteiger partial charge in [0.05, 0.1) is 6.61 Å². The van der Waals surface area contributed by atoms with Crippen LogP contribution < -0.4 is 4.74 Å². The lowest BCUT2D eigenvalue weighted by molar-refractivity contribution is 0.0492. The summed E-state index contributed by atoms with van der Waals surface area (Å²) in [7, 11) is 1.94. The van der Waals surface area contributed by atoms with Gasteiger partial charge in [-0.05, 0) is 49.0 Å². The van der Waals surface area contributed by atoms with Gasteiger partial charge in [0.15, 0.2) is 0 Å². The van der Waals surface area contributed by atoms with Crippen LogP contribution in [0.4, 0.5) is 0 Å². The van der Waals surface area contributed by atoms with Gasteiger partial charge in [-0.3, -0.25) is 4.90 Å². The quantitative estimate of drug-likeness (QED) is 0.936. The van der Waals surface area contributed by atoms with E-state index in [1.54, 1.807) is 6.20 Å². The van der Waals surface area contributed by atoms with Gasteiger partial charge in [-0.15, -0.1) is 0 Å². The minimum Gasteiger partial charge on any atom is -0.493 e. The number of aromatic nitrogens is 2. The second-order valence-electron chi connectivity index (χ2n) is 7.00. The van der Waals surface area contributed by atoms with E-state index in [1.807, 2.05) is 17.8 Å². The summed E-state index contributed by atoms with van der Waals surface area (Å²) in [4.78, 5) is 6.78. The van der Waals surface area contributed by atoms with E-state index in [-0.39, 0.29) is 0 Å². The van der Waals surface area contributed by atoms with Crippen LogP contribution in [0.5, 0.6) is 5.75 Å². The lowest BCUT2D eigenvalue weighted by Crippen LogP contribution is -2.35. The van der Waals surface area contributed by atoms with E-state index in [0.717, 1.165) is 57.1 Å². The molecule has 2 aliphatic heterocycles. The fraction of sp³-hybridized carbons (Fsp3) is 0.526. The monoisotopic (exact) mass is 327 g/mol. The number of hydrogen-bond acceptors (Lipinski definition) is 4. The van der Waals surface area contributed by atoms with E-state index in [4.69, 9.17) is 4.74 Å². The Morgan fingerprint density at radius 1 is 1.33 bits per heavy atom. The molecule has 0 aliphatic carbocycles. The predicted molar refractivity (Wildman–Crippen MR) is 91.8 cm³/mol. The van der Waals surface area contributed by atoms with Crippen molar-refractivity contribution in [1.82, 2.24) is 14.5 Å². The van der Waals surface area contributed by atoms with E-state index in [0.29, 0.717) is 5.92 Å². The van der Waals surface area contributed by atoms with E-state index in [1.165, 1.54) is 11.1 Å². The Morgan fingerprint density at radius 2 is 2.17 bits per heavy atom. The van der Waals surface area contributed by atoms with Gasteiger partial charge in [0.1, 0.15) is 17.7 Å². The maximum absolute atomic E-state index is 10.6.